The zero-order valence-electron chi connectivity index (χ0n) is 37.3. The first-order valence-electron chi connectivity index (χ1n) is 22.1. The minimum Gasteiger partial charge on any atom is -0.456 e. The van der Waals surface area contributed by atoms with Crippen molar-refractivity contribution >= 4 is 43.5 Å². The lowest BCUT2D eigenvalue weighted by Gasteiger charge is -2.11. The van der Waals surface area contributed by atoms with E-state index in [1.807, 2.05) is 72.8 Å². The SMILES string of the molecule is [2H]c1c([2H])c([2H])c2c(oc3c([2H])c([2H])c([2H])c(-c4nc(-c5cccc(-c6ccc(-c7ccc8ccccc8c7)cc6)c5)nc(-c5ccc6ccc(-c7ccccc7)cc6c5)n4)c32)c1[2H]. The van der Waals surface area contributed by atoms with Gasteiger partial charge in [0.05, 0.1) is 9.60 Å². The van der Waals surface area contributed by atoms with Gasteiger partial charge < -0.3 is 4.42 Å². The highest BCUT2D eigenvalue weighted by molar-refractivity contribution is 6.11. The molecule has 266 valence electrons. The topological polar surface area (TPSA) is 51.8 Å². The van der Waals surface area contributed by atoms with Crippen LogP contribution in [-0.4, -0.2) is 15.0 Å². The average molecular weight is 735 g/mol. The molecule has 0 atom stereocenters. The Kier molecular flexibility index (Phi) is 6.22. The molecule has 0 unspecified atom stereocenters. The summed E-state index contributed by atoms with van der Waals surface area (Å²) in [7, 11) is 0. The van der Waals surface area contributed by atoms with E-state index >= 15 is 0 Å². The lowest BCUT2D eigenvalue weighted by atomic mass is 9.97. The van der Waals surface area contributed by atoms with Crippen molar-refractivity contribution in [2.24, 2.45) is 0 Å². The zero-order chi connectivity index (χ0) is 43.8. The minimum absolute atomic E-state index is 0.00253. The Morgan fingerprint density at radius 1 is 0.351 bits per heavy atom. The first-order valence-corrected chi connectivity index (χ1v) is 18.6. The lowest BCUT2D eigenvalue weighted by molar-refractivity contribution is 0.669. The fourth-order valence-corrected chi connectivity index (χ4v) is 7.53. The molecule has 0 N–H and O–H groups in total. The van der Waals surface area contributed by atoms with E-state index in [2.05, 4.69) is 84.9 Å². The average Bonchev–Trinajstić information content (AvgIpc) is 3.75. The van der Waals surface area contributed by atoms with Gasteiger partial charge in [0.25, 0.3) is 0 Å². The second kappa shape index (κ2) is 13.6. The van der Waals surface area contributed by atoms with Crippen LogP contribution in [0, 0.1) is 0 Å². The molecule has 0 spiro atoms. The fraction of sp³-hybridized carbons (Fsp3) is 0. The van der Waals surface area contributed by atoms with Crippen LogP contribution in [0.25, 0.3) is 111 Å². The van der Waals surface area contributed by atoms with Gasteiger partial charge in [-0.3, -0.25) is 0 Å². The van der Waals surface area contributed by atoms with Crippen molar-refractivity contribution in [2.45, 2.75) is 0 Å². The summed E-state index contributed by atoms with van der Waals surface area (Å²) in [5.74, 6) is 0.541. The quantitative estimate of drug-likeness (QED) is 0.171. The third kappa shape index (κ3) is 6.01. The summed E-state index contributed by atoms with van der Waals surface area (Å²) in [5, 5.41) is 4.36. The van der Waals surface area contributed by atoms with Gasteiger partial charge in [0, 0.05) is 27.5 Å². The van der Waals surface area contributed by atoms with Crippen LogP contribution in [-0.2, 0) is 0 Å². The fourth-order valence-electron chi connectivity index (χ4n) is 7.53. The summed E-state index contributed by atoms with van der Waals surface area (Å²) in [6, 6.07) is 50.1. The van der Waals surface area contributed by atoms with E-state index in [-0.39, 0.29) is 51.0 Å². The molecule has 0 fully saturated rings. The van der Waals surface area contributed by atoms with Gasteiger partial charge in [0.1, 0.15) is 11.2 Å². The van der Waals surface area contributed by atoms with E-state index in [1.54, 1.807) is 0 Å². The molecular formula is C53H33N3O. The number of furan rings is 1. The zero-order valence-corrected chi connectivity index (χ0v) is 30.3. The van der Waals surface area contributed by atoms with Crippen LogP contribution >= 0.6 is 0 Å². The molecule has 0 saturated heterocycles. The number of hydrogen-bond donors (Lipinski definition) is 0. The highest BCUT2D eigenvalue weighted by Gasteiger charge is 2.18. The molecule has 2 aromatic heterocycles. The molecule has 0 aliphatic rings. The molecule has 4 heteroatoms. The molecule has 4 nitrogen and oxygen atoms in total. The van der Waals surface area contributed by atoms with E-state index in [0.717, 1.165) is 44.2 Å². The van der Waals surface area contributed by atoms with Crippen LogP contribution in [0.4, 0.5) is 0 Å². The maximum Gasteiger partial charge on any atom is 0.164 e. The van der Waals surface area contributed by atoms with Crippen molar-refractivity contribution in [1.82, 2.24) is 15.0 Å². The summed E-state index contributed by atoms with van der Waals surface area (Å²) in [5.41, 5.74) is 7.18. The first-order chi connectivity index (χ1) is 31.1. The van der Waals surface area contributed by atoms with Crippen LogP contribution in [0.3, 0.4) is 0 Å². The highest BCUT2D eigenvalue weighted by Crippen LogP contribution is 2.37. The van der Waals surface area contributed by atoms with Gasteiger partial charge in [-0.25, -0.2) is 15.0 Å². The standard InChI is InChI=1S/C53H33N3O/c1-2-10-34(11-3-1)42-28-25-38-26-29-44(33-45(38)32-42)52-54-51(55-53(56-52)47-17-9-19-49-50(47)46-16-6-7-18-48(46)57-49)43-15-8-14-40(31-43)36-20-22-37(23-21-36)41-27-24-35-12-4-5-13-39(35)30-41/h1-33H/i6D,7D,9D,16D,17D,18D,19D. The van der Waals surface area contributed by atoms with Crippen molar-refractivity contribution in [3.63, 3.8) is 0 Å². The van der Waals surface area contributed by atoms with Crippen LogP contribution in [0.5, 0.6) is 0 Å². The number of hydrogen-bond acceptors (Lipinski definition) is 4. The molecule has 9 aromatic carbocycles. The smallest absolute Gasteiger partial charge is 0.164 e. The molecule has 0 aliphatic heterocycles. The molecular weight excluding hydrogens is 695 g/mol. The van der Waals surface area contributed by atoms with Gasteiger partial charge in [0.15, 0.2) is 17.5 Å². The molecule has 11 aromatic rings. The monoisotopic (exact) mass is 734 g/mol. The van der Waals surface area contributed by atoms with E-state index < -0.39 is 36.3 Å². The normalized spacial score (nSPS) is 13.2. The molecule has 0 amide bonds. The number of benzene rings is 9. The summed E-state index contributed by atoms with van der Waals surface area (Å²) in [6.45, 7) is 0. The van der Waals surface area contributed by atoms with E-state index in [9.17, 15) is 1.37 Å². The van der Waals surface area contributed by atoms with Gasteiger partial charge in [-0.1, -0.05) is 164 Å². The summed E-state index contributed by atoms with van der Waals surface area (Å²) in [6.07, 6.45) is 0. The Bertz CT molecular complexity index is 3700. The highest BCUT2D eigenvalue weighted by atomic mass is 16.3. The van der Waals surface area contributed by atoms with Crippen molar-refractivity contribution in [3.8, 4) is 67.5 Å². The Morgan fingerprint density at radius 3 is 1.63 bits per heavy atom. The Labute approximate surface area is 339 Å². The Balaban J connectivity index is 1.10. The third-order valence-electron chi connectivity index (χ3n) is 10.4. The second-order valence-electron chi connectivity index (χ2n) is 13.9. The van der Waals surface area contributed by atoms with Crippen LogP contribution in [0.15, 0.2) is 204 Å². The van der Waals surface area contributed by atoms with Crippen LogP contribution < -0.4 is 0 Å². The molecule has 0 bridgehead atoms. The first kappa shape index (κ1) is 26.2. The molecule has 0 radical (unpaired) electrons. The van der Waals surface area contributed by atoms with Gasteiger partial charge in [-0.2, -0.15) is 0 Å². The van der Waals surface area contributed by atoms with Crippen molar-refractivity contribution < 1.29 is 14.0 Å². The third-order valence-corrected chi connectivity index (χ3v) is 10.4. The second-order valence-corrected chi connectivity index (χ2v) is 13.9. The van der Waals surface area contributed by atoms with E-state index in [0.29, 0.717) is 11.1 Å². The predicted octanol–water partition coefficient (Wildman–Crippen LogP) is 14.1. The largest absolute Gasteiger partial charge is 0.456 e. The molecule has 2 heterocycles. The lowest BCUT2D eigenvalue weighted by Crippen LogP contribution is -2.00. The number of aromatic nitrogens is 3. The number of para-hydroxylation sites is 1. The molecule has 0 aliphatic carbocycles. The van der Waals surface area contributed by atoms with Gasteiger partial charge in [-0.15, -0.1) is 0 Å². The summed E-state index contributed by atoms with van der Waals surface area (Å²) in [4.78, 5) is 15.0. The maximum absolute atomic E-state index is 9.28. The van der Waals surface area contributed by atoms with Gasteiger partial charge >= 0.3 is 0 Å². The van der Waals surface area contributed by atoms with Crippen LogP contribution in [0.2, 0.25) is 0 Å². The van der Waals surface area contributed by atoms with E-state index in [1.165, 1.54) is 10.8 Å². The summed E-state index contributed by atoms with van der Waals surface area (Å²) >= 11 is 0. The van der Waals surface area contributed by atoms with Crippen molar-refractivity contribution in [2.75, 3.05) is 0 Å². The maximum atomic E-state index is 9.28. The van der Waals surface area contributed by atoms with Gasteiger partial charge in [0.2, 0.25) is 0 Å². The summed E-state index contributed by atoms with van der Waals surface area (Å²) < 4.78 is 67.3. The molecule has 0 saturated carbocycles. The number of fused-ring (bicyclic) bond motifs is 5. The molecule has 57 heavy (non-hydrogen) atoms. The van der Waals surface area contributed by atoms with Crippen LogP contribution in [0.1, 0.15) is 9.60 Å². The molecule has 11 rings (SSSR count). The van der Waals surface area contributed by atoms with Gasteiger partial charge in [-0.05, 0) is 91.3 Å². The predicted molar refractivity (Wildman–Crippen MR) is 235 cm³/mol. The number of nitrogens with zero attached hydrogens (tertiary/aromatic N) is 3. The minimum atomic E-state index is -0.499. The van der Waals surface area contributed by atoms with Crippen molar-refractivity contribution in [1.29, 1.82) is 0 Å². The van der Waals surface area contributed by atoms with Crippen molar-refractivity contribution in [3.05, 3.63) is 200 Å². The number of rotatable bonds is 6. The Hall–Kier alpha value is -7.69. The van der Waals surface area contributed by atoms with E-state index in [4.69, 9.17) is 27.6 Å². The Morgan fingerprint density at radius 2 is 0.860 bits per heavy atom.